The molecule has 0 saturated carbocycles. The van der Waals surface area contributed by atoms with Crippen LogP contribution in [0.4, 0.5) is 8.78 Å². The lowest BCUT2D eigenvalue weighted by Gasteiger charge is -2.08. The van der Waals surface area contributed by atoms with Crippen LogP contribution in [0.2, 0.25) is 0 Å². The zero-order valence-corrected chi connectivity index (χ0v) is 10.7. The molecule has 0 saturated heterocycles. The van der Waals surface area contributed by atoms with Gasteiger partial charge in [-0.05, 0) is 11.6 Å². The van der Waals surface area contributed by atoms with Crippen molar-refractivity contribution >= 4 is 33.3 Å². The number of carbonyl (C=O) groups excluding carboxylic acids is 1. The highest BCUT2D eigenvalue weighted by Gasteiger charge is 2.14. The Morgan fingerprint density at radius 3 is 2.62 bits per heavy atom. The van der Waals surface area contributed by atoms with E-state index in [0.29, 0.717) is 22.9 Å². The van der Waals surface area contributed by atoms with Crippen molar-refractivity contribution in [1.82, 2.24) is 0 Å². The number of carbonyl (C=O) groups is 1. The summed E-state index contributed by atoms with van der Waals surface area (Å²) in [4.78, 5) is 11.6. The molecule has 88 valence electrons. The molecule has 0 fully saturated rings. The highest BCUT2D eigenvalue weighted by atomic mass is 79.9. The largest absolute Gasteiger partial charge is 0.294 e. The molecule has 0 aliphatic carbocycles. The Hall–Kier alpha value is -0.480. The summed E-state index contributed by atoms with van der Waals surface area (Å²) in [5.74, 6) is -0.0301. The first-order valence-corrected chi connectivity index (χ1v) is 6.31. The van der Waals surface area contributed by atoms with E-state index in [-0.39, 0.29) is 17.2 Å². The maximum atomic E-state index is 12.4. The number of Topliss-reactive ketones (excluding diaryl/α,β-unsaturated/α-hetero) is 1. The average molecular weight is 312 g/mol. The monoisotopic (exact) mass is 310 g/mol. The molecule has 0 spiro atoms. The fraction of sp³-hybridized carbons (Fsp3) is 0.364. The van der Waals surface area contributed by atoms with Crippen molar-refractivity contribution in [2.24, 2.45) is 0 Å². The normalized spacial score (nSPS) is 10.8. The second-order valence-corrected chi connectivity index (χ2v) is 4.27. The number of rotatable bonds is 5. The molecule has 5 heteroatoms. The first-order chi connectivity index (χ1) is 7.60. The van der Waals surface area contributed by atoms with Crippen LogP contribution in [0, 0.1) is 0 Å². The number of hydrogen-bond acceptors (Lipinski definition) is 1. The van der Waals surface area contributed by atoms with Gasteiger partial charge in [0, 0.05) is 28.8 Å². The average Bonchev–Trinajstić information content (AvgIpc) is 2.28. The third-order valence-electron chi connectivity index (χ3n) is 2.15. The standard InChI is InChI=1S/C11H10BrClF2O/c12-4-3-10(16)9-2-1-7(11(14)15)5-8(9)6-13/h1-2,5,11H,3-4,6H2. The van der Waals surface area contributed by atoms with Crippen molar-refractivity contribution in [1.29, 1.82) is 0 Å². The maximum Gasteiger partial charge on any atom is 0.263 e. The van der Waals surface area contributed by atoms with Crippen LogP contribution < -0.4 is 0 Å². The minimum Gasteiger partial charge on any atom is -0.294 e. The third kappa shape index (κ3) is 3.25. The molecule has 1 aromatic carbocycles. The maximum absolute atomic E-state index is 12.4. The Labute approximate surface area is 106 Å². The van der Waals surface area contributed by atoms with E-state index in [4.69, 9.17) is 11.6 Å². The molecule has 16 heavy (non-hydrogen) atoms. The van der Waals surface area contributed by atoms with Crippen LogP contribution in [-0.4, -0.2) is 11.1 Å². The topological polar surface area (TPSA) is 17.1 Å². The fourth-order valence-electron chi connectivity index (χ4n) is 1.35. The number of benzene rings is 1. The van der Waals surface area contributed by atoms with Gasteiger partial charge in [-0.3, -0.25) is 4.79 Å². The van der Waals surface area contributed by atoms with Crippen molar-refractivity contribution in [2.45, 2.75) is 18.7 Å². The molecule has 0 heterocycles. The van der Waals surface area contributed by atoms with Gasteiger partial charge in [0.15, 0.2) is 5.78 Å². The Bertz CT molecular complexity index is 382. The predicted octanol–water partition coefficient (Wildman–Crippen LogP) is 4.33. The molecule has 0 radical (unpaired) electrons. The Morgan fingerprint density at radius 2 is 2.12 bits per heavy atom. The van der Waals surface area contributed by atoms with Gasteiger partial charge in [-0.1, -0.05) is 28.1 Å². The lowest BCUT2D eigenvalue weighted by atomic mass is 10.0. The molecule has 0 amide bonds. The molecular formula is C11H10BrClF2O. The van der Waals surface area contributed by atoms with E-state index >= 15 is 0 Å². The van der Waals surface area contributed by atoms with Crippen molar-refractivity contribution < 1.29 is 13.6 Å². The second-order valence-electron chi connectivity index (χ2n) is 3.21. The molecule has 1 rings (SSSR count). The van der Waals surface area contributed by atoms with E-state index in [9.17, 15) is 13.6 Å². The third-order valence-corrected chi connectivity index (χ3v) is 2.83. The number of hydrogen-bond donors (Lipinski definition) is 0. The number of alkyl halides is 4. The van der Waals surface area contributed by atoms with Crippen molar-refractivity contribution in [3.05, 3.63) is 34.9 Å². The molecule has 0 bridgehead atoms. The highest BCUT2D eigenvalue weighted by Crippen LogP contribution is 2.23. The van der Waals surface area contributed by atoms with E-state index in [2.05, 4.69) is 15.9 Å². The summed E-state index contributed by atoms with van der Waals surface area (Å²) in [6, 6.07) is 3.98. The van der Waals surface area contributed by atoms with Gasteiger partial charge < -0.3 is 0 Å². The predicted molar refractivity (Wildman–Crippen MR) is 63.7 cm³/mol. The summed E-state index contributed by atoms with van der Waals surface area (Å²) in [5.41, 5.74) is 0.787. The van der Waals surface area contributed by atoms with E-state index in [0.717, 1.165) is 0 Å². The lowest BCUT2D eigenvalue weighted by Crippen LogP contribution is -2.04. The van der Waals surface area contributed by atoms with Crippen LogP contribution in [-0.2, 0) is 5.88 Å². The van der Waals surface area contributed by atoms with E-state index < -0.39 is 6.43 Å². The Balaban J connectivity index is 3.06. The van der Waals surface area contributed by atoms with Crippen LogP contribution in [0.1, 0.15) is 34.3 Å². The fourth-order valence-corrected chi connectivity index (χ4v) is 1.93. The SMILES string of the molecule is O=C(CCBr)c1ccc(C(F)F)cc1CCl. The zero-order valence-electron chi connectivity index (χ0n) is 8.35. The summed E-state index contributed by atoms with van der Waals surface area (Å²) >= 11 is 8.80. The Morgan fingerprint density at radius 1 is 1.44 bits per heavy atom. The zero-order chi connectivity index (χ0) is 12.1. The van der Waals surface area contributed by atoms with Gasteiger partial charge in [0.05, 0.1) is 0 Å². The van der Waals surface area contributed by atoms with Crippen LogP contribution in [0.5, 0.6) is 0 Å². The van der Waals surface area contributed by atoms with Crippen LogP contribution in [0.25, 0.3) is 0 Å². The quantitative estimate of drug-likeness (QED) is 0.584. The van der Waals surface area contributed by atoms with Gasteiger partial charge in [-0.15, -0.1) is 11.6 Å². The second kappa shape index (κ2) is 6.30. The summed E-state index contributed by atoms with van der Waals surface area (Å²) < 4.78 is 24.9. The molecule has 1 aromatic rings. The molecule has 0 unspecified atom stereocenters. The van der Waals surface area contributed by atoms with Crippen molar-refractivity contribution in [3.8, 4) is 0 Å². The molecule has 1 nitrogen and oxygen atoms in total. The smallest absolute Gasteiger partial charge is 0.263 e. The molecular weight excluding hydrogens is 301 g/mol. The van der Waals surface area contributed by atoms with Gasteiger partial charge in [-0.25, -0.2) is 8.78 Å². The van der Waals surface area contributed by atoms with Crippen molar-refractivity contribution in [3.63, 3.8) is 0 Å². The van der Waals surface area contributed by atoms with Crippen LogP contribution in [0.3, 0.4) is 0 Å². The minimum absolute atomic E-state index is 0.0594. The van der Waals surface area contributed by atoms with Crippen LogP contribution >= 0.6 is 27.5 Å². The molecule has 0 aromatic heterocycles. The Kier molecular flexibility index (Phi) is 5.35. The van der Waals surface area contributed by atoms with E-state index in [1.807, 2.05) is 0 Å². The van der Waals surface area contributed by atoms with Gasteiger partial charge in [0.2, 0.25) is 0 Å². The van der Waals surface area contributed by atoms with Gasteiger partial charge in [0.1, 0.15) is 0 Å². The van der Waals surface area contributed by atoms with E-state index in [1.165, 1.54) is 18.2 Å². The first kappa shape index (κ1) is 13.6. The molecule has 0 atom stereocenters. The van der Waals surface area contributed by atoms with Gasteiger partial charge in [-0.2, -0.15) is 0 Å². The minimum atomic E-state index is -2.54. The molecule has 0 N–H and O–H groups in total. The number of halogens is 4. The first-order valence-electron chi connectivity index (χ1n) is 4.66. The van der Waals surface area contributed by atoms with Crippen LogP contribution in [0.15, 0.2) is 18.2 Å². The van der Waals surface area contributed by atoms with Gasteiger partial charge >= 0.3 is 0 Å². The number of ketones is 1. The molecule has 0 aliphatic heterocycles. The summed E-state index contributed by atoms with van der Waals surface area (Å²) in [6.45, 7) is 0. The summed E-state index contributed by atoms with van der Waals surface area (Å²) in [7, 11) is 0. The van der Waals surface area contributed by atoms with Gasteiger partial charge in [0.25, 0.3) is 6.43 Å². The molecule has 0 aliphatic rings. The summed E-state index contributed by atoms with van der Waals surface area (Å²) in [5, 5.41) is 0.546. The van der Waals surface area contributed by atoms with Crippen molar-refractivity contribution in [2.75, 3.05) is 5.33 Å². The highest BCUT2D eigenvalue weighted by molar-refractivity contribution is 9.09. The lowest BCUT2D eigenvalue weighted by molar-refractivity contribution is 0.0988. The summed E-state index contributed by atoms with van der Waals surface area (Å²) in [6.07, 6.45) is -2.21. The van der Waals surface area contributed by atoms with E-state index in [1.54, 1.807) is 0 Å².